The fourth-order valence-corrected chi connectivity index (χ4v) is 2.51. The van der Waals surface area contributed by atoms with Crippen molar-refractivity contribution in [3.8, 4) is 0 Å². The maximum Gasteiger partial charge on any atom is 0.128 e. The molecule has 6 heteroatoms. The van der Waals surface area contributed by atoms with Gasteiger partial charge >= 0.3 is 0 Å². The van der Waals surface area contributed by atoms with E-state index in [1.807, 2.05) is 12.1 Å². The minimum absolute atomic E-state index is 0.00792. The summed E-state index contributed by atoms with van der Waals surface area (Å²) in [5.74, 6) is 6.28. The number of likely N-dealkylation sites (N-methyl/N-ethyl adjacent to an activating group) is 2. The van der Waals surface area contributed by atoms with Crippen LogP contribution in [0.4, 0.5) is 5.82 Å². The van der Waals surface area contributed by atoms with Crippen molar-refractivity contribution in [3.63, 3.8) is 0 Å². The van der Waals surface area contributed by atoms with E-state index in [9.17, 15) is 0 Å². The lowest BCUT2D eigenvalue weighted by Gasteiger charge is -2.41. The van der Waals surface area contributed by atoms with E-state index < -0.39 is 0 Å². The second kappa shape index (κ2) is 5.62. The molecule has 0 amide bonds. The number of hydrazine groups is 1. The smallest absolute Gasteiger partial charge is 0.128 e. The second-order valence-corrected chi connectivity index (χ2v) is 4.93. The molecular formula is C12H22N6. The molecule has 6 nitrogen and oxygen atoms in total. The number of nitrogens with one attached hydrogen (secondary N) is 1. The van der Waals surface area contributed by atoms with Crippen LogP contribution in [0, 0.1) is 0 Å². The molecule has 2 rings (SSSR count). The maximum atomic E-state index is 5.95. The lowest BCUT2D eigenvalue weighted by molar-refractivity contribution is 0.0878. The quantitative estimate of drug-likeness (QED) is 0.491. The van der Waals surface area contributed by atoms with Crippen LogP contribution in [0.25, 0.3) is 0 Å². The van der Waals surface area contributed by atoms with Crippen LogP contribution in [-0.4, -0.2) is 54.6 Å². The first-order chi connectivity index (χ1) is 8.63. The number of anilines is 1. The summed E-state index contributed by atoms with van der Waals surface area (Å²) in [6.07, 6.45) is 1.70. The molecule has 0 spiro atoms. The average molecular weight is 250 g/mol. The molecule has 1 saturated heterocycles. The van der Waals surface area contributed by atoms with Gasteiger partial charge in [0.2, 0.25) is 0 Å². The molecule has 100 valence electrons. The summed E-state index contributed by atoms with van der Waals surface area (Å²) in [5.41, 5.74) is 9.80. The molecule has 1 fully saturated rings. The number of hydrogen-bond donors (Lipinski definition) is 3. The fourth-order valence-electron chi connectivity index (χ4n) is 2.51. The molecule has 1 aliphatic heterocycles. The van der Waals surface area contributed by atoms with Crippen LogP contribution >= 0.6 is 0 Å². The van der Waals surface area contributed by atoms with Crippen molar-refractivity contribution in [2.24, 2.45) is 5.84 Å². The monoisotopic (exact) mass is 250 g/mol. The largest absolute Gasteiger partial charge is 0.383 e. The van der Waals surface area contributed by atoms with Gasteiger partial charge < -0.3 is 10.6 Å². The number of nitrogens with two attached hydrogens (primary N) is 2. The number of piperazine rings is 1. The highest BCUT2D eigenvalue weighted by Gasteiger charge is 2.31. The van der Waals surface area contributed by atoms with Crippen LogP contribution in [0.3, 0.4) is 0 Å². The van der Waals surface area contributed by atoms with Gasteiger partial charge in [-0.1, -0.05) is 6.07 Å². The van der Waals surface area contributed by atoms with E-state index >= 15 is 0 Å². The Balaban J connectivity index is 2.25. The van der Waals surface area contributed by atoms with Crippen molar-refractivity contribution in [1.82, 2.24) is 20.2 Å². The number of rotatable bonds is 3. The third-order valence-electron chi connectivity index (χ3n) is 3.67. The first-order valence-corrected chi connectivity index (χ1v) is 6.18. The van der Waals surface area contributed by atoms with Crippen molar-refractivity contribution >= 4 is 5.82 Å². The lowest BCUT2D eigenvalue weighted by atomic mass is 9.97. The van der Waals surface area contributed by atoms with Gasteiger partial charge in [0.1, 0.15) is 5.82 Å². The van der Waals surface area contributed by atoms with E-state index in [0.717, 1.165) is 25.2 Å². The zero-order chi connectivity index (χ0) is 13.1. The highest BCUT2D eigenvalue weighted by molar-refractivity contribution is 5.41. The molecule has 0 bridgehead atoms. The minimum Gasteiger partial charge on any atom is -0.383 e. The molecule has 2 unspecified atom stereocenters. The highest BCUT2D eigenvalue weighted by Crippen LogP contribution is 2.25. The second-order valence-electron chi connectivity index (χ2n) is 4.93. The van der Waals surface area contributed by atoms with E-state index in [0.29, 0.717) is 11.9 Å². The van der Waals surface area contributed by atoms with Gasteiger partial charge in [-0.2, -0.15) is 0 Å². The molecule has 18 heavy (non-hydrogen) atoms. The van der Waals surface area contributed by atoms with Crippen LogP contribution in [0.2, 0.25) is 0 Å². The van der Waals surface area contributed by atoms with Gasteiger partial charge in [-0.25, -0.2) is 4.98 Å². The number of pyridine rings is 1. The SMILES string of the molecule is CN1CCN(C)C(C(NN)c2cccnc2N)C1. The van der Waals surface area contributed by atoms with Gasteiger partial charge in [-0.05, 0) is 20.2 Å². The van der Waals surface area contributed by atoms with Crippen LogP contribution in [0.1, 0.15) is 11.6 Å². The van der Waals surface area contributed by atoms with Crippen molar-refractivity contribution in [1.29, 1.82) is 0 Å². The number of nitrogens with zero attached hydrogens (tertiary/aromatic N) is 3. The Hall–Kier alpha value is -1.21. The predicted molar refractivity (Wildman–Crippen MR) is 72.6 cm³/mol. The average Bonchev–Trinajstić information content (AvgIpc) is 2.36. The standard InChI is InChI=1S/C12H22N6/c1-17-6-7-18(2)10(8-17)11(16-14)9-4-3-5-15-12(9)13/h3-5,10-11,16H,6-8,14H2,1-2H3,(H2,13,15). The molecule has 1 aliphatic rings. The topological polar surface area (TPSA) is 83.4 Å². The Kier molecular flexibility index (Phi) is 4.13. The minimum atomic E-state index is -0.00792. The summed E-state index contributed by atoms with van der Waals surface area (Å²) < 4.78 is 0. The van der Waals surface area contributed by atoms with Crippen LogP contribution in [0.15, 0.2) is 18.3 Å². The van der Waals surface area contributed by atoms with Gasteiger partial charge in [0, 0.05) is 37.4 Å². The summed E-state index contributed by atoms with van der Waals surface area (Å²) in [7, 11) is 4.24. The molecule has 1 aromatic rings. The van der Waals surface area contributed by atoms with Crippen molar-refractivity contribution in [3.05, 3.63) is 23.9 Å². The molecule has 2 heterocycles. The summed E-state index contributed by atoms with van der Waals surface area (Å²) in [6, 6.07) is 4.16. The lowest BCUT2D eigenvalue weighted by Crippen LogP contribution is -2.56. The molecule has 0 aliphatic carbocycles. The van der Waals surface area contributed by atoms with Gasteiger partial charge in [-0.3, -0.25) is 16.2 Å². The predicted octanol–water partition coefficient (Wildman–Crippen LogP) is -0.586. The van der Waals surface area contributed by atoms with E-state index in [1.54, 1.807) is 6.20 Å². The maximum absolute atomic E-state index is 5.95. The molecule has 0 saturated carbocycles. The Morgan fingerprint density at radius 3 is 2.89 bits per heavy atom. The summed E-state index contributed by atoms with van der Waals surface area (Å²) in [4.78, 5) is 8.76. The summed E-state index contributed by atoms with van der Waals surface area (Å²) in [5, 5.41) is 0. The van der Waals surface area contributed by atoms with E-state index in [-0.39, 0.29) is 6.04 Å². The molecule has 0 aromatic carbocycles. The van der Waals surface area contributed by atoms with Gasteiger partial charge in [-0.15, -0.1) is 0 Å². The Bertz CT molecular complexity index is 396. The number of hydrogen-bond acceptors (Lipinski definition) is 6. The fraction of sp³-hybridized carbons (Fsp3) is 0.583. The number of aromatic nitrogens is 1. The normalized spacial score (nSPS) is 24.1. The van der Waals surface area contributed by atoms with Crippen LogP contribution in [-0.2, 0) is 0 Å². The van der Waals surface area contributed by atoms with Crippen molar-refractivity contribution < 1.29 is 0 Å². The van der Waals surface area contributed by atoms with Gasteiger partial charge in [0.15, 0.2) is 0 Å². The Labute approximate surface area is 108 Å². The van der Waals surface area contributed by atoms with Crippen molar-refractivity contribution in [2.75, 3.05) is 39.5 Å². The Morgan fingerprint density at radius 1 is 1.44 bits per heavy atom. The van der Waals surface area contributed by atoms with Crippen molar-refractivity contribution in [2.45, 2.75) is 12.1 Å². The third-order valence-corrected chi connectivity index (χ3v) is 3.67. The van der Waals surface area contributed by atoms with Gasteiger partial charge in [0.05, 0.1) is 6.04 Å². The van der Waals surface area contributed by atoms with Crippen LogP contribution in [0.5, 0.6) is 0 Å². The molecule has 1 aromatic heterocycles. The van der Waals surface area contributed by atoms with E-state index in [4.69, 9.17) is 11.6 Å². The van der Waals surface area contributed by atoms with E-state index in [1.165, 1.54) is 0 Å². The van der Waals surface area contributed by atoms with Crippen LogP contribution < -0.4 is 17.0 Å². The van der Waals surface area contributed by atoms with Gasteiger partial charge in [0.25, 0.3) is 0 Å². The summed E-state index contributed by atoms with van der Waals surface area (Å²) in [6.45, 7) is 3.06. The zero-order valence-electron chi connectivity index (χ0n) is 11.0. The zero-order valence-corrected chi connectivity index (χ0v) is 11.0. The third kappa shape index (κ3) is 2.62. The van der Waals surface area contributed by atoms with E-state index in [2.05, 4.69) is 34.3 Å². The molecular weight excluding hydrogens is 228 g/mol. The first-order valence-electron chi connectivity index (χ1n) is 6.18. The number of nitrogen functional groups attached to an aromatic ring is 1. The Morgan fingerprint density at radius 2 is 2.22 bits per heavy atom. The molecule has 0 radical (unpaired) electrons. The molecule has 5 N–H and O–H groups in total. The first kappa shape index (κ1) is 13.2. The molecule has 2 atom stereocenters. The summed E-state index contributed by atoms with van der Waals surface area (Å²) >= 11 is 0. The highest BCUT2D eigenvalue weighted by atomic mass is 15.3.